The molecule has 112 valence electrons. The molecule has 0 spiro atoms. The van der Waals surface area contributed by atoms with Crippen molar-refractivity contribution in [3.05, 3.63) is 34.1 Å². The van der Waals surface area contributed by atoms with E-state index >= 15 is 0 Å². The number of nitrogens with one attached hydrogen (secondary N) is 1. The first-order chi connectivity index (χ1) is 9.27. The molecule has 0 heterocycles. The number of aliphatic hydroxyl groups excluding tert-OH is 1. The molecule has 7 nitrogen and oxygen atoms in total. The Bertz CT molecular complexity index is 590. The van der Waals surface area contributed by atoms with Crippen LogP contribution in [0.3, 0.4) is 0 Å². The van der Waals surface area contributed by atoms with Crippen molar-refractivity contribution in [2.24, 2.45) is 0 Å². The summed E-state index contributed by atoms with van der Waals surface area (Å²) in [7, 11) is -4.25. The van der Waals surface area contributed by atoms with Crippen molar-refractivity contribution in [3.8, 4) is 0 Å². The molecule has 0 aliphatic rings. The van der Waals surface area contributed by atoms with Gasteiger partial charge < -0.3 is 5.11 Å². The maximum atomic E-state index is 13.5. The second kappa shape index (κ2) is 6.73. The van der Waals surface area contributed by atoms with E-state index in [-0.39, 0.29) is 6.54 Å². The van der Waals surface area contributed by atoms with E-state index in [4.69, 9.17) is 0 Å². The Labute approximate surface area is 115 Å². The lowest BCUT2D eigenvalue weighted by molar-refractivity contribution is -0.385. The van der Waals surface area contributed by atoms with Gasteiger partial charge in [0.25, 0.3) is 5.69 Å². The number of non-ortho nitro benzene ring substituents is 1. The third-order valence-corrected chi connectivity index (χ3v) is 3.98. The fourth-order valence-electron chi connectivity index (χ4n) is 1.53. The Balaban J connectivity index is 2.97. The normalized spacial score (nSPS) is 13.2. The first-order valence-corrected chi connectivity index (χ1v) is 7.38. The lowest BCUT2D eigenvalue weighted by atomic mass is 10.2. The zero-order valence-electron chi connectivity index (χ0n) is 10.7. The van der Waals surface area contributed by atoms with Gasteiger partial charge in [0, 0.05) is 18.7 Å². The Morgan fingerprint density at radius 1 is 1.50 bits per heavy atom. The van der Waals surface area contributed by atoms with E-state index in [1.807, 2.05) is 11.6 Å². The molecule has 1 aromatic carbocycles. The molecule has 0 amide bonds. The zero-order chi connectivity index (χ0) is 15.3. The fourth-order valence-corrected chi connectivity index (χ4v) is 2.70. The predicted octanol–water partition coefficient (Wildman–Crippen LogP) is 1.17. The highest BCUT2D eigenvalue weighted by Crippen LogP contribution is 2.20. The molecule has 0 radical (unpaired) electrons. The Morgan fingerprint density at radius 3 is 2.70 bits per heavy atom. The zero-order valence-corrected chi connectivity index (χ0v) is 11.6. The number of benzene rings is 1. The number of nitro groups is 1. The van der Waals surface area contributed by atoms with E-state index in [0.717, 1.165) is 12.1 Å². The first kappa shape index (κ1) is 16.5. The van der Waals surface area contributed by atoms with Crippen molar-refractivity contribution in [1.29, 1.82) is 0 Å². The number of nitrogens with zero attached hydrogens (tertiary/aromatic N) is 1. The summed E-state index contributed by atoms with van der Waals surface area (Å²) in [5.74, 6) is -1.09. The topological polar surface area (TPSA) is 110 Å². The molecule has 0 aromatic heterocycles. The van der Waals surface area contributed by atoms with Crippen LogP contribution in [0.25, 0.3) is 0 Å². The standard InChI is InChI=1S/C11H15FN2O5S/c1-2-3-9(15)7-13-20(18,19)11-6-8(14(16)17)4-5-10(11)12/h4-6,9,13,15H,2-3,7H2,1H3. The van der Waals surface area contributed by atoms with Gasteiger partial charge in [-0.2, -0.15) is 0 Å². The van der Waals surface area contributed by atoms with Crippen LogP contribution in [0.4, 0.5) is 10.1 Å². The van der Waals surface area contributed by atoms with E-state index in [1.165, 1.54) is 0 Å². The minimum absolute atomic E-state index is 0.279. The number of rotatable bonds is 7. The van der Waals surface area contributed by atoms with Gasteiger partial charge in [-0.1, -0.05) is 13.3 Å². The fraction of sp³-hybridized carbons (Fsp3) is 0.455. The molecular formula is C11H15FN2O5S. The van der Waals surface area contributed by atoms with E-state index in [9.17, 15) is 28.0 Å². The van der Waals surface area contributed by atoms with Crippen molar-refractivity contribution >= 4 is 15.7 Å². The predicted molar refractivity (Wildman–Crippen MR) is 69.2 cm³/mol. The van der Waals surface area contributed by atoms with Crippen LogP contribution < -0.4 is 4.72 Å². The Hall–Kier alpha value is -1.58. The van der Waals surface area contributed by atoms with E-state index in [1.54, 1.807) is 0 Å². The SMILES string of the molecule is CCCC(O)CNS(=O)(=O)c1cc([N+](=O)[O-])ccc1F. The maximum absolute atomic E-state index is 13.5. The molecule has 1 aromatic rings. The van der Waals surface area contributed by atoms with Crippen LogP contribution in [0.15, 0.2) is 23.1 Å². The van der Waals surface area contributed by atoms with Crippen LogP contribution in [-0.2, 0) is 10.0 Å². The Morgan fingerprint density at radius 2 is 2.15 bits per heavy atom. The summed E-state index contributed by atoms with van der Waals surface area (Å²) in [4.78, 5) is 8.95. The van der Waals surface area contributed by atoms with Crippen LogP contribution >= 0.6 is 0 Å². The van der Waals surface area contributed by atoms with Crippen molar-refractivity contribution in [3.63, 3.8) is 0 Å². The molecule has 9 heteroatoms. The van der Waals surface area contributed by atoms with Crippen molar-refractivity contribution in [2.75, 3.05) is 6.54 Å². The van der Waals surface area contributed by atoms with Gasteiger partial charge in [-0.15, -0.1) is 0 Å². The number of nitro benzene ring substituents is 1. The van der Waals surface area contributed by atoms with Crippen LogP contribution in [0.2, 0.25) is 0 Å². The molecule has 1 rings (SSSR count). The molecule has 0 bridgehead atoms. The number of aliphatic hydroxyl groups is 1. The lowest BCUT2D eigenvalue weighted by Gasteiger charge is -2.11. The highest BCUT2D eigenvalue weighted by atomic mass is 32.2. The summed E-state index contributed by atoms with van der Waals surface area (Å²) in [6, 6.07) is 2.24. The third-order valence-electron chi connectivity index (χ3n) is 2.55. The molecule has 0 aliphatic carbocycles. The van der Waals surface area contributed by atoms with Gasteiger partial charge in [0.2, 0.25) is 10.0 Å². The molecule has 0 fully saturated rings. The van der Waals surface area contributed by atoms with Gasteiger partial charge in [0.05, 0.1) is 11.0 Å². The molecule has 0 aliphatic heterocycles. The summed E-state index contributed by atoms with van der Waals surface area (Å²) in [5, 5.41) is 20.0. The largest absolute Gasteiger partial charge is 0.392 e. The van der Waals surface area contributed by atoms with Gasteiger partial charge in [0.1, 0.15) is 10.7 Å². The first-order valence-electron chi connectivity index (χ1n) is 5.89. The maximum Gasteiger partial charge on any atom is 0.270 e. The summed E-state index contributed by atoms with van der Waals surface area (Å²) >= 11 is 0. The number of halogens is 1. The molecule has 1 unspecified atom stereocenters. The van der Waals surface area contributed by atoms with Crippen LogP contribution in [0, 0.1) is 15.9 Å². The summed E-state index contributed by atoms with van der Waals surface area (Å²) in [5.41, 5.74) is -0.527. The van der Waals surface area contributed by atoms with Gasteiger partial charge in [-0.05, 0) is 12.5 Å². The number of hydrogen-bond acceptors (Lipinski definition) is 5. The van der Waals surface area contributed by atoms with Crippen molar-refractivity contribution in [2.45, 2.75) is 30.8 Å². The molecule has 1 atom stereocenters. The highest BCUT2D eigenvalue weighted by Gasteiger charge is 2.23. The minimum atomic E-state index is -4.25. The quantitative estimate of drug-likeness (QED) is 0.580. The monoisotopic (exact) mass is 306 g/mol. The van der Waals surface area contributed by atoms with Gasteiger partial charge in [-0.25, -0.2) is 17.5 Å². The summed E-state index contributed by atoms with van der Waals surface area (Å²) in [6.07, 6.45) is 0.158. The van der Waals surface area contributed by atoms with Crippen LogP contribution in [0.1, 0.15) is 19.8 Å². The van der Waals surface area contributed by atoms with E-state index in [2.05, 4.69) is 0 Å². The summed E-state index contributed by atoms with van der Waals surface area (Å²) < 4.78 is 39.2. The lowest BCUT2D eigenvalue weighted by Crippen LogP contribution is -2.32. The second-order valence-electron chi connectivity index (χ2n) is 4.17. The van der Waals surface area contributed by atoms with Gasteiger partial charge in [0.15, 0.2) is 0 Å². The van der Waals surface area contributed by atoms with Crippen molar-refractivity contribution in [1.82, 2.24) is 4.72 Å². The number of sulfonamides is 1. The third kappa shape index (κ3) is 4.22. The van der Waals surface area contributed by atoms with Crippen LogP contribution in [-0.4, -0.2) is 31.1 Å². The molecular weight excluding hydrogens is 291 g/mol. The minimum Gasteiger partial charge on any atom is -0.392 e. The second-order valence-corrected chi connectivity index (χ2v) is 5.90. The smallest absolute Gasteiger partial charge is 0.270 e. The Kier molecular flexibility index (Phi) is 5.54. The molecule has 0 saturated heterocycles. The van der Waals surface area contributed by atoms with E-state index < -0.39 is 37.5 Å². The average molecular weight is 306 g/mol. The highest BCUT2D eigenvalue weighted by molar-refractivity contribution is 7.89. The number of hydrogen-bond donors (Lipinski definition) is 2. The van der Waals surface area contributed by atoms with Crippen LogP contribution in [0.5, 0.6) is 0 Å². The molecule has 2 N–H and O–H groups in total. The summed E-state index contributed by atoms with van der Waals surface area (Å²) in [6.45, 7) is 1.54. The van der Waals surface area contributed by atoms with Crippen molar-refractivity contribution < 1.29 is 22.8 Å². The van der Waals surface area contributed by atoms with Gasteiger partial charge in [-0.3, -0.25) is 10.1 Å². The average Bonchev–Trinajstić information content (AvgIpc) is 2.37. The molecule has 0 saturated carbocycles. The van der Waals surface area contributed by atoms with Gasteiger partial charge >= 0.3 is 0 Å². The van der Waals surface area contributed by atoms with E-state index in [0.29, 0.717) is 18.9 Å². The molecule has 20 heavy (non-hydrogen) atoms.